The van der Waals surface area contributed by atoms with Crippen LogP contribution in [-0.4, -0.2) is 29.2 Å². The van der Waals surface area contributed by atoms with Crippen molar-refractivity contribution in [2.45, 2.75) is 25.4 Å². The summed E-state index contributed by atoms with van der Waals surface area (Å²) < 4.78 is 13.1. The van der Waals surface area contributed by atoms with Crippen LogP contribution in [0.4, 0.5) is 4.39 Å². The summed E-state index contributed by atoms with van der Waals surface area (Å²) in [6.07, 6.45) is 2.32. The number of halogens is 2. The number of aliphatic hydroxyl groups excluding tert-OH is 1. The van der Waals surface area contributed by atoms with E-state index in [0.717, 1.165) is 18.4 Å². The minimum Gasteiger partial charge on any atom is -0.395 e. The molecule has 1 aliphatic rings. The van der Waals surface area contributed by atoms with Crippen LogP contribution < -0.4 is 0 Å². The first kappa shape index (κ1) is 11.8. The molecule has 0 aromatic heterocycles. The van der Waals surface area contributed by atoms with Gasteiger partial charge in [0.15, 0.2) is 0 Å². The molecule has 0 amide bonds. The third-order valence-corrected chi connectivity index (χ3v) is 3.20. The number of rotatable bonds is 5. The second-order valence-electron chi connectivity index (χ2n) is 4.16. The molecule has 0 spiro atoms. The van der Waals surface area contributed by atoms with Crippen molar-refractivity contribution in [3.63, 3.8) is 0 Å². The van der Waals surface area contributed by atoms with E-state index in [1.165, 1.54) is 12.1 Å². The van der Waals surface area contributed by atoms with Gasteiger partial charge >= 0.3 is 0 Å². The van der Waals surface area contributed by atoms with Crippen LogP contribution in [0.3, 0.4) is 0 Å². The molecule has 2 nitrogen and oxygen atoms in total. The Labute approximate surface area is 99.6 Å². The van der Waals surface area contributed by atoms with Crippen LogP contribution in [0.25, 0.3) is 0 Å². The van der Waals surface area contributed by atoms with Crippen LogP contribution >= 0.6 is 11.6 Å². The number of nitrogens with zero attached hydrogens (tertiary/aromatic N) is 1. The molecule has 0 aliphatic heterocycles. The normalized spacial score (nSPS) is 15.8. The van der Waals surface area contributed by atoms with Crippen LogP contribution in [0.15, 0.2) is 18.2 Å². The van der Waals surface area contributed by atoms with E-state index in [1.807, 2.05) is 0 Å². The van der Waals surface area contributed by atoms with Crippen LogP contribution in [0.1, 0.15) is 18.4 Å². The number of hydrogen-bond donors (Lipinski definition) is 1. The first-order valence-corrected chi connectivity index (χ1v) is 5.87. The van der Waals surface area contributed by atoms with E-state index in [4.69, 9.17) is 16.7 Å². The average molecular weight is 244 g/mol. The zero-order valence-electron chi connectivity index (χ0n) is 9.00. The lowest BCUT2D eigenvalue weighted by Gasteiger charge is -2.21. The first-order valence-electron chi connectivity index (χ1n) is 5.49. The fraction of sp³-hybridized carbons (Fsp3) is 0.500. The SMILES string of the molecule is OCCN(Cc1cc(F)ccc1Cl)C1CC1. The summed E-state index contributed by atoms with van der Waals surface area (Å²) in [6, 6.07) is 4.94. The summed E-state index contributed by atoms with van der Waals surface area (Å²) in [6.45, 7) is 1.36. The van der Waals surface area contributed by atoms with E-state index < -0.39 is 0 Å². The van der Waals surface area contributed by atoms with Crippen molar-refractivity contribution in [3.8, 4) is 0 Å². The highest BCUT2D eigenvalue weighted by Gasteiger charge is 2.28. The van der Waals surface area contributed by atoms with Gasteiger partial charge in [-0.15, -0.1) is 0 Å². The van der Waals surface area contributed by atoms with Gasteiger partial charge in [-0.2, -0.15) is 0 Å². The molecule has 1 N–H and O–H groups in total. The number of hydrogen-bond acceptors (Lipinski definition) is 2. The molecule has 0 unspecified atom stereocenters. The third kappa shape index (κ3) is 2.94. The summed E-state index contributed by atoms with van der Waals surface area (Å²) in [5.74, 6) is -0.265. The van der Waals surface area contributed by atoms with Crippen molar-refractivity contribution in [2.24, 2.45) is 0 Å². The molecule has 1 saturated carbocycles. The monoisotopic (exact) mass is 243 g/mol. The molecular formula is C12H15ClFNO. The zero-order chi connectivity index (χ0) is 11.5. The smallest absolute Gasteiger partial charge is 0.123 e. The van der Waals surface area contributed by atoms with Crippen molar-refractivity contribution < 1.29 is 9.50 Å². The Kier molecular flexibility index (Phi) is 3.79. The van der Waals surface area contributed by atoms with Gasteiger partial charge in [-0.3, -0.25) is 4.90 Å². The van der Waals surface area contributed by atoms with Gasteiger partial charge in [0, 0.05) is 24.2 Å². The van der Waals surface area contributed by atoms with Gasteiger partial charge in [0.1, 0.15) is 5.82 Å². The molecule has 0 heterocycles. The largest absolute Gasteiger partial charge is 0.395 e. The molecule has 0 atom stereocenters. The maximum atomic E-state index is 13.1. The Bertz CT molecular complexity index is 368. The van der Waals surface area contributed by atoms with E-state index in [0.29, 0.717) is 24.2 Å². The Morgan fingerprint density at radius 2 is 2.19 bits per heavy atom. The van der Waals surface area contributed by atoms with Crippen molar-refractivity contribution in [1.29, 1.82) is 0 Å². The molecule has 88 valence electrons. The summed E-state index contributed by atoms with van der Waals surface area (Å²) in [5.41, 5.74) is 0.794. The van der Waals surface area contributed by atoms with Crippen LogP contribution in [-0.2, 0) is 6.54 Å². The summed E-state index contributed by atoms with van der Waals surface area (Å²) in [4.78, 5) is 2.15. The number of aliphatic hydroxyl groups is 1. The van der Waals surface area contributed by atoms with E-state index in [9.17, 15) is 4.39 Å². The molecule has 4 heteroatoms. The lowest BCUT2D eigenvalue weighted by molar-refractivity contribution is 0.183. The Hall–Kier alpha value is -0.640. The zero-order valence-corrected chi connectivity index (χ0v) is 9.75. The maximum Gasteiger partial charge on any atom is 0.123 e. The Balaban J connectivity index is 2.08. The predicted octanol–water partition coefficient (Wildman–Crippen LogP) is 2.44. The van der Waals surface area contributed by atoms with Gasteiger partial charge in [-0.25, -0.2) is 4.39 Å². The summed E-state index contributed by atoms with van der Waals surface area (Å²) >= 11 is 6.01. The maximum absolute atomic E-state index is 13.1. The Morgan fingerprint density at radius 1 is 1.44 bits per heavy atom. The van der Waals surface area contributed by atoms with Gasteiger partial charge < -0.3 is 5.11 Å². The fourth-order valence-corrected chi connectivity index (χ4v) is 2.02. The molecular weight excluding hydrogens is 229 g/mol. The quantitative estimate of drug-likeness (QED) is 0.859. The van der Waals surface area contributed by atoms with Crippen LogP contribution in [0.2, 0.25) is 5.02 Å². The average Bonchev–Trinajstić information content (AvgIpc) is 3.06. The van der Waals surface area contributed by atoms with E-state index in [-0.39, 0.29) is 12.4 Å². The molecule has 0 radical (unpaired) electrons. The number of benzene rings is 1. The molecule has 0 saturated heterocycles. The lowest BCUT2D eigenvalue weighted by atomic mass is 10.2. The van der Waals surface area contributed by atoms with Crippen molar-refractivity contribution >= 4 is 11.6 Å². The predicted molar refractivity (Wildman–Crippen MR) is 61.9 cm³/mol. The lowest BCUT2D eigenvalue weighted by Crippen LogP contribution is -2.28. The van der Waals surface area contributed by atoms with E-state index in [2.05, 4.69) is 4.90 Å². The highest BCUT2D eigenvalue weighted by Crippen LogP contribution is 2.29. The summed E-state index contributed by atoms with van der Waals surface area (Å²) in [5, 5.41) is 9.55. The van der Waals surface area contributed by atoms with Gasteiger partial charge in [-0.1, -0.05) is 11.6 Å². The van der Waals surface area contributed by atoms with Gasteiger partial charge in [-0.05, 0) is 36.6 Å². The molecule has 2 rings (SSSR count). The third-order valence-electron chi connectivity index (χ3n) is 2.83. The fourth-order valence-electron chi connectivity index (χ4n) is 1.84. The molecule has 1 fully saturated rings. The topological polar surface area (TPSA) is 23.5 Å². The molecule has 1 aromatic rings. The van der Waals surface area contributed by atoms with Gasteiger partial charge in [0.25, 0.3) is 0 Å². The molecule has 0 bridgehead atoms. The molecule has 1 aromatic carbocycles. The van der Waals surface area contributed by atoms with Gasteiger partial charge in [0.2, 0.25) is 0 Å². The minimum atomic E-state index is -0.265. The van der Waals surface area contributed by atoms with Crippen molar-refractivity contribution in [1.82, 2.24) is 4.90 Å². The standard InChI is InChI=1S/C12H15ClFNO/c13-12-4-1-10(14)7-9(12)8-15(5-6-16)11-2-3-11/h1,4,7,11,16H,2-3,5-6,8H2. The highest BCUT2D eigenvalue weighted by molar-refractivity contribution is 6.31. The van der Waals surface area contributed by atoms with Crippen LogP contribution in [0, 0.1) is 5.82 Å². The second kappa shape index (κ2) is 5.13. The molecule has 1 aliphatic carbocycles. The summed E-state index contributed by atoms with van der Waals surface area (Å²) in [7, 11) is 0. The highest BCUT2D eigenvalue weighted by atomic mass is 35.5. The van der Waals surface area contributed by atoms with Crippen molar-refractivity contribution in [2.75, 3.05) is 13.2 Å². The van der Waals surface area contributed by atoms with E-state index >= 15 is 0 Å². The minimum absolute atomic E-state index is 0.128. The molecule has 16 heavy (non-hydrogen) atoms. The van der Waals surface area contributed by atoms with Gasteiger partial charge in [0.05, 0.1) is 6.61 Å². The van der Waals surface area contributed by atoms with Crippen LogP contribution in [0.5, 0.6) is 0 Å². The van der Waals surface area contributed by atoms with E-state index in [1.54, 1.807) is 6.07 Å². The second-order valence-corrected chi connectivity index (χ2v) is 4.57. The Morgan fingerprint density at radius 3 is 2.81 bits per heavy atom. The van der Waals surface area contributed by atoms with Crippen molar-refractivity contribution in [3.05, 3.63) is 34.6 Å². The first-order chi connectivity index (χ1) is 7.70.